The molecule has 0 unspecified atom stereocenters. The average Bonchev–Trinajstić information content (AvgIpc) is 2.92. The number of aliphatic hydroxyl groups is 1. The van der Waals surface area contributed by atoms with Crippen LogP contribution in [-0.4, -0.2) is 18.2 Å². The van der Waals surface area contributed by atoms with Crippen molar-refractivity contribution in [1.82, 2.24) is 0 Å². The fourth-order valence-corrected chi connectivity index (χ4v) is 1.78. The van der Waals surface area contributed by atoms with Gasteiger partial charge in [-0.15, -0.1) is 0 Å². The van der Waals surface area contributed by atoms with Gasteiger partial charge in [-0.3, -0.25) is 0 Å². The highest BCUT2D eigenvalue weighted by Gasteiger charge is 2.15. The van der Waals surface area contributed by atoms with Gasteiger partial charge in [0.2, 0.25) is 5.76 Å². The van der Waals surface area contributed by atoms with E-state index in [0.717, 1.165) is 5.56 Å². The quantitative estimate of drug-likeness (QED) is 0.857. The van der Waals surface area contributed by atoms with Crippen LogP contribution in [0.3, 0.4) is 0 Å². The molecule has 2 rings (SSSR count). The van der Waals surface area contributed by atoms with E-state index in [-0.39, 0.29) is 12.4 Å². The maximum Gasteiger partial charge on any atom is 0.373 e. The first kappa shape index (κ1) is 15.1. The monoisotopic (exact) mass is 290 g/mol. The summed E-state index contributed by atoms with van der Waals surface area (Å²) in [5.41, 5.74) is -0.0737. The number of hydrogen-bond donors (Lipinski definition) is 1. The summed E-state index contributed by atoms with van der Waals surface area (Å²) in [6, 6.07) is 10.4. The zero-order chi connectivity index (χ0) is 15.5. The van der Waals surface area contributed by atoms with E-state index in [1.807, 2.05) is 0 Å². The van der Waals surface area contributed by atoms with Crippen LogP contribution in [0.5, 0.6) is 5.75 Å². The van der Waals surface area contributed by atoms with Crippen LogP contribution in [0.4, 0.5) is 0 Å². The summed E-state index contributed by atoms with van der Waals surface area (Å²) in [5, 5.41) is 9.87. The van der Waals surface area contributed by atoms with Crippen molar-refractivity contribution in [3.05, 3.63) is 53.5 Å². The van der Waals surface area contributed by atoms with Crippen molar-refractivity contribution in [2.24, 2.45) is 0 Å². The lowest BCUT2D eigenvalue weighted by molar-refractivity contribution is 0.0561. The van der Waals surface area contributed by atoms with Gasteiger partial charge in [0.15, 0.2) is 0 Å². The smallest absolute Gasteiger partial charge is 0.373 e. The Morgan fingerprint density at radius 3 is 2.43 bits per heavy atom. The molecule has 0 spiro atoms. The minimum Gasteiger partial charge on any atom is -0.486 e. The first-order chi connectivity index (χ1) is 9.90. The summed E-state index contributed by atoms with van der Waals surface area (Å²) in [5.74, 6) is 0.810. The normalized spacial score (nSPS) is 11.2. The van der Waals surface area contributed by atoms with E-state index in [2.05, 4.69) is 4.74 Å². The van der Waals surface area contributed by atoms with Crippen molar-refractivity contribution < 1.29 is 23.8 Å². The lowest BCUT2D eigenvalue weighted by atomic mass is 9.99. The van der Waals surface area contributed by atoms with Crippen molar-refractivity contribution in [2.75, 3.05) is 7.11 Å². The predicted molar refractivity (Wildman–Crippen MR) is 76.1 cm³/mol. The lowest BCUT2D eigenvalue weighted by Crippen LogP contribution is -2.14. The third kappa shape index (κ3) is 3.86. The summed E-state index contributed by atoms with van der Waals surface area (Å²) in [4.78, 5) is 11.3. The van der Waals surface area contributed by atoms with Crippen LogP contribution < -0.4 is 4.74 Å². The SMILES string of the molecule is COC(=O)c1ccc(COc2ccc(C(C)(C)O)cc2)o1. The van der Waals surface area contributed by atoms with Gasteiger partial charge in [-0.1, -0.05) is 12.1 Å². The van der Waals surface area contributed by atoms with Crippen LogP contribution in [0.1, 0.15) is 35.7 Å². The van der Waals surface area contributed by atoms with Crippen LogP contribution in [0.25, 0.3) is 0 Å². The average molecular weight is 290 g/mol. The molecule has 0 aliphatic heterocycles. The van der Waals surface area contributed by atoms with Gasteiger partial charge in [0.1, 0.15) is 18.1 Å². The van der Waals surface area contributed by atoms with Crippen molar-refractivity contribution in [2.45, 2.75) is 26.1 Å². The van der Waals surface area contributed by atoms with Gasteiger partial charge in [-0.25, -0.2) is 4.79 Å². The third-order valence-electron chi connectivity index (χ3n) is 2.99. The Morgan fingerprint density at radius 1 is 1.19 bits per heavy atom. The van der Waals surface area contributed by atoms with Gasteiger partial charge in [0.05, 0.1) is 12.7 Å². The number of esters is 1. The summed E-state index contributed by atoms with van der Waals surface area (Å²) in [6.07, 6.45) is 0. The number of rotatable bonds is 5. The number of furan rings is 1. The molecule has 21 heavy (non-hydrogen) atoms. The van der Waals surface area contributed by atoms with E-state index < -0.39 is 11.6 Å². The maximum atomic E-state index is 11.3. The van der Waals surface area contributed by atoms with Gasteiger partial charge in [0.25, 0.3) is 0 Å². The standard InChI is InChI=1S/C16H18O5/c1-16(2,18)11-4-6-12(7-5-11)20-10-13-8-9-14(21-13)15(17)19-3/h4-9,18H,10H2,1-3H3. The zero-order valence-corrected chi connectivity index (χ0v) is 12.3. The molecule has 2 aromatic rings. The molecular formula is C16H18O5. The molecule has 5 nitrogen and oxygen atoms in total. The Hall–Kier alpha value is -2.27. The van der Waals surface area contributed by atoms with Crippen LogP contribution in [0, 0.1) is 0 Å². The molecule has 0 atom stereocenters. The molecule has 1 heterocycles. The van der Waals surface area contributed by atoms with E-state index in [9.17, 15) is 9.90 Å². The van der Waals surface area contributed by atoms with E-state index in [1.54, 1.807) is 50.2 Å². The topological polar surface area (TPSA) is 68.9 Å². The largest absolute Gasteiger partial charge is 0.486 e. The molecule has 0 saturated carbocycles. The van der Waals surface area contributed by atoms with Gasteiger partial charge in [-0.05, 0) is 43.7 Å². The van der Waals surface area contributed by atoms with Gasteiger partial charge < -0.3 is 19.0 Å². The number of carbonyl (C=O) groups excluding carboxylic acids is 1. The molecule has 0 fully saturated rings. The predicted octanol–water partition coefficient (Wildman–Crippen LogP) is 2.87. The van der Waals surface area contributed by atoms with Crippen LogP contribution in [0.15, 0.2) is 40.8 Å². The van der Waals surface area contributed by atoms with E-state index >= 15 is 0 Å². The molecule has 112 valence electrons. The molecule has 1 aromatic carbocycles. The first-order valence-corrected chi connectivity index (χ1v) is 6.53. The van der Waals surface area contributed by atoms with Crippen molar-refractivity contribution in [3.63, 3.8) is 0 Å². The number of hydrogen-bond acceptors (Lipinski definition) is 5. The van der Waals surface area contributed by atoms with Gasteiger partial charge in [-0.2, -0.15) is 0 Å². The second-order valence-corrected chi connectivity index (χ2v) is 5.13. The Labute approximate surface area is 123 Å². The van der Waals surface area contributed by atoms with Crippen LogP contribution in [-0.2, 0) is 16.9 Å². The highest BCUT2D eigenvalue weighted by molar-refractivity contribution is 5.86. The first-order valence-electron chi connectivity index (χ1n) is 6.53. The summed E-state index contributed by atoms with van der Waals surface area (Å²) >= 11 is 0. The fourth-order valence-electron chi connectivity index (χ4n) is 1.78. The van der Waals surface area contributed by atoms with Crippen LogP contribution in [0.2, 0.25) is 0 Å². The molecule has 0 radical (unpaired) electrons. The highest BCUT2D eigenvalue weighted by atomic mass is 16.5. The lowest BCUT2D eigenvalue weighted by Gasteiger charge is -2.17. The number of carbonyl (C=O) groups is 1. The molecule has 0 saturated heterocycles. The fraction of sp³-hybridized carbons (Fsp3) is 0.312. The van der Waals surface area contributed by atoms with Crippen molar-refractivity contribution in [3.8, 4) is 5.75 Å². The zero-order valence-electron chi connectivity index (χ0n) is 12.3. The Morgan fingerprint density at radius 2 is 1.86 bits per heavy atom. The second-order valence-electron chi connectivity index (χ2n) is 5.13. The van der Waals surface area contributed by atoms with E-state index in [0.29, 0.717) is 11.5 Å². The molecule has 0 aliphatic rings. The summed E-state index contributed by atoms with van der Waals surface area (Å²) in [7, 11) is 1.30. The molecule has 0 bridgehead atoms. The Kier molecular flexibility index (Phi) is 4.33. The maximum absolute atomic E-state index is 11.3. The Bertz CT molecular complexity index is 604. The number of benzene rings is 1. The number of ether oxygens (including phenoxy) is 2. The summed E-state index contributed by atoms with van der Waals surface area (Å²) < 4.78 is 15.4. The van der Waals surface area contributed by atoms with Crippen molar-refractivity contribution >= 4 is 5.97 Å². The third-order valence-corrected chi connectivity index (χ3v) is 2.99. The van der Waals surface area contributed by atoms with Gasteiger partial charge >= 0.3 is 5.97 Å². The molecule has 0 amide bonds. The van der Waals surface area contributed by atoms with Gasteiger partial charge in [0, 0.05) is 0 Å². The molecule has 1 N–H and O–H groups in total. The van der Waals surface area contributed by atoms with E-state index in [4.69, 9.17) is 9.15 Å². The number of methoxy groups -OCH3 is 1. The summed E-state index contributed by atoms with van der Waals surface area (Å²) in [6.45, 7) is 3.65. The molecular weight excluding hydrogens is 272 g/mol. The van der Waals surface area contributed by atoms with Crippen molar-refractivity contribution in [1.29, 1.82) is 0 Å². The minimum absolute atomic E-state index is 0.147. The van der Waals surface area contributed by atoms with E-state index in [1.165, 1.54) is 7.11 Å². The minimum atomic E-state index is -0.880. The highest BCUT2D eigenvalue weighted by Crippen LogP contribution is 2.23. The molecule has 5 heteroatoms. The molecule has 1 aromatic heterocycles. The Balaban J connectivity index is 1.97. The molecule has 0 aliphatic carbocycles. The second kappa shape index (κ2) is 6.01. The van der Waals surface area contributed by atoms with Crippen LogP contribution >= 0.6 is 0 Å².